The number of nitrogens with zero attached hydrogens (tertiary/aromatic N) is 1. The van der Waals surface area contributed by atoms with Crippen molar-refractivity contribution in [2.75, 3.05) is 17.9 Å². The van der Waals surface area contributed by atoms with Crippen molar-refractivity contribution in [3.8, 4) is 0 Å². The zero-order chi connectivity index (χ0) is 16.6. The van der Waals surface area contributed by atoms with E-state index in [4.69, 9.17) is 0 Å². The van der Waals surface area contributed by atoms with Crippen molar-refractivity contribution >= 4 is 31.6 Å². The lowest BCUT2D eigenvalue weighted by Crippen LogP contribution is -2.85. The largest absolute Gasteiger partial charge is 0.336 e. The predicted molar refractivity (Wildman–Crippen MR) is 95.1 cm³/mol. The summed E-state index contributed by atoms with van der Waals surface area (Å²) in [6.07, 6.45) is 1.03. The molecule has 0 spiro atoms. The van der Waals surface area contributed by atoms with Gasteiger partial charge >= 0.3 is 0 Å². The second-order valence-corrected chi connectivity index (χ2v) is 8.57. The van der Waals surface area contributed by atoms with Gasteiger partial charge in [-0.2, -0.15) is 0 Å². The lowest BCUT2D eigenvalue weighted by Gasteiger charge is -2.20. The molecule has 0 radical (unpaired) electrons. The van der Waals surface area contributed by atoms with Crippen LogP contribution in [0.15, 0.2) is 51.8 Å². The molecule has 0 saturated heterocycles. The number of anilines is 1. The number of rotatable bonds is 3. The van der Waals surface area contributed by atoms with E-state index in [0.717, 1.165) is 34.3 Å². The summed E-state index contributed by atoms with van der Waals surface area (Å²) in [6.45, 7) is 3.07. The lowest BCUT2D eigenvalue weighted by molar-refractivity contribution is -0.687. The van der Waals surface area contributed by atoms with Gasteiger partial charge in [0.2, 0.25) is 0 Å². The molecule has 2 aromatic rings. The van der Waals surface area contributed by atoms with Gasteiger partial charge in [0.05, 0.1) is 17.1 Å². The summed E-state index contributed by atoms with van der Waals surface area (Å²) in [7, 11) is -1.94. The Morgan fingerprint density at radius 3 is 2.65 bits per heavy atom. The van der Waals surface area contributed by atoms with Crippen LogP contribution in [0.1, 0.15) is 30.5 Å². The number of sulfonamides is 1. The molecule has 2 aromatic carbocycles. The van der Waals surface area contributed by atoms with Gasteiger partial charge in [0, 0.05) is 22.6 Å². The third kappa shape index (κ3) is 2.79. The Balaban J connectivity index is 2.32. The van der Waals surface area contributed by atoms with Crippen molar-refractivity contribution in [3.63, 3.8) is 0 Å². The van der Waals surface area contributed by atoms with E-state index in [1.165, 1.54) is 4.31 Å². The summed E-state index contributed by atoms with van der Waals surface area (Å²) in [4.78, 5) is 0.378. The number of hydrogen-bond donors (Lipinski definition) is 1. The summed E-state index contributed by atoms with van der Waals surface area (Å²) in [5.74, 6) is 0. The zero-order valence-corrected chi connectivity index (χ0v) is 15.6. The molecule has 3 rings (SSSR count). The third-order valence-electron chi connectivity index (χ3n) is 4.25. The van der Waals surface area contributed by atoms with Crippen LogP contribution in [0.2, 0.25) is 0 Å². The zero-order valence-electron chi connectivity index (χ0n) is 13.2. The highest BCUT2D eigenvalue weighted by molar-refractivity contribution is 9.10. The summed E-state index contributed by atoms with van der Waals surface area (Å²) in [5, 5.41) is 2.22. The molecule has 1 aliphatic heterocycles. The summed E-state index contributed by atoms with van der Waals surface area (Å²) < 4.78 is 28.3. The van der Waals surface area contributed by atoms with E-state index in [1.807, 2.05) is 36.4 Å². The molecule has 122 valence electrons. The van der Waals surface area contributed by atoms with Crippen LogP contribution >= 0.6 is 15.9 Å². The molecule has 1 atom stereocenters. The van der Waals surface area contributed by atoms with E-state index in [0.29, 0.717) is 4.90 Å². The van der Waals surface area contributed by atoms with Crippen LogP contribution in [-0.2, 0) is 10.0 Å². The normalized spacial score (nSPS) is 18.9. The Morgan fingerprint density at radius 2 is 1.91 bits per heavy atom. The average molecular weight is 396 g/mol. The van der Waals surface area contributed by atoms with Gasteiger partial charge in [0.15, 0.2) is 0 Å². The van der Waals surface area contributed by atoms with Gasteiger partial charge in [-0.25, -0.2) is 8.42 Å². The third-order valence-corrected chi connectivity index (χ3v) is 6.57. The van der Waals surface area contributed by atoms with Gasteiger partial charge in [0.1, 0.15) is 6.04 Å². The van der Waals surface area contributed by atoms with E-state index >= 15 is 0 Å². The number of para-hydroxylation sites is 1. The summed E-state index contributed by atoms with van der Waals surface area (Å²) in [5.41, 5.74) is 2.63. The van der Waals surface area contributed by atoms with Crippen LogP contribution in [0, 0.1) is 0 Å². The van der Waals surface area contributed by atoms with Crippen molar-refractivity contribution < 1.29 is 13.7 Å². The van der Waals surface area contributed by atoms with Crippen molar-refractivity contribution in [1.29, 1.82) is 0 Å². The fourth-order valence-corrected chi connectivity index (χ4v) is 5.06. The highest BCUT2D eigenvalue weighted by Crippen LogP contribution is 2.39. The molecule has 0 aliphatic carbocycles. The summed E-state index contributed by atoms with van der Waals surface area (Å²) >= 11 is 3.40. The first kappa shape index (κ1) is 16.5. The maximum absolute atomic E-state index is 13.0. The molecule has 0 aromatic heterocycles. The van der Waals surface area contributed by atoms with Gasteiger partial charge < -0.3 is 5.32 Å². The SMILES string of the molecule is CCC[NH2+]C1c2ccccc2N(C)S(=O)(=O)c2cc(Br)ccc21. The topological polar surface area (TPSA) is 54.0 Å². The number of quaternary nitrogens is 1. The number of benzene rings is 2. The Bertz CT molecular complexity index is 836. The minimum Gasteiger partial charge on any atom is -0.336 e. The lowest BCUT2D eigenvalue weighted by atomic mass is 9.97. The van der Waals surface area contributed by atoms with Gasteiger partial charge in [-0.1, -0.05) is 47.1 Å². The Labute approximate surface area is 145 Å². The molecule has 2 N–H and O–H groups in total. The highest BCUT2D eigenvalue weighted by atomic mass is 79.9. The minimum atomic E-state index is -3.57. The van der Waals surface area contributed by atoms with Crippen LogP contribution in [0.5, 0.6) is 0 Å². The first-order valence-electron chi connectivity index (χ1n) is 7.67. The average Bonchev–Trinajstić information content (AvgIpc) is 2.61. The van der Waals surface area contributed by atoms with Gasteiger partial charge in [0.25, 0.3) is 10.0 Å². The maximum Gasteiger partial charge on any atom is 0.264 e. The number of hydrogen-bond acceptors (Lipinski definition) is 2. The first-order chi connectivity index (χ1) is 11.0. The summed E-state index contributed by atoms with van der Waals surface area (Å²) in [6, 6.07) is 13.3. The minimum absolute atomic E-state index is 0.0195. The Hall–Kier alpha value is -1.37. The van der Waals surface area contributed by atoms with Crippen LogP contribution in [0.25, 0.3) is 0 Å². The van der Waals surface area contributed by atoms with E-state index < -0.39 is 10.0 Å². The van der Waals surface area contributed by atoms with Crippen molar-refractivity contribution in [2.24, 2.45) is 0 Å². The monoisotopic (exact) mass is 395 g/mol. The second-order valence-electron chi connectivity index (χ2n) is 5.72. The first-order valence-corrected chi connectivity index (χ1v) is 9.90. The fourth-order valence-electron chi connectivity index (χ4n) is 3.06. The standard InChI is InChI=1S/C17H19BrN2O2S/c1-3-10-19-17-13-6-4-5-7-15(13)20(2)23(21,22)16-11-12(18)8-9-14(16)17/h4-9,11,17,19H,3,10H2,1-2H3/p+1. The molecule has 4 nitrogen and oxygen atoms in total. The van der Waals surface area contributed by atoms with Crippen LogP contribution in [0.3, 0.4) is 0 Å². The number of fused-ring (bicyclic) bond motifs is 2. The molecular formula is C17H20BrN2O2S+. The van der Waals surface area contributed by atoms with Crippen molar-refractivity contribution in [2.45, 2.75) is 24.3 Å². The fraction of sp³-hybridized carbons (Fsp3) is 0.294. The number of nitrogens with two attached hydrogens (primary N) is 1. The van der Waals surface area contributed by atoms with Crippen LogP contribution in [0.4, 0.5) is 5.69 Å². The molecular weight excluding hydrogens is 376 g/mol. The Kier molecular flexibility index (Phi) is 4.49. The van der Waals surface area contributed by atoms with Crippen molar-refractivity contribution in [3.05, 3.63) is 58.1 Å². The Morgan fingerprint density at radius 1 is 1.17 bits per heavy atom. The van der Waals surface area contributed by atoms with Gasteiger partial charge in [-0.15, -0.1) is 0 Å². The van der Waals surface area contributed by atoms with E-state index in [2.05, 4.69) is 28.2 Å². The van der Waals surface area contributed by atoms with Gasteiger partial charge in [-0.3, -0.25) is 4.31 Å². The molecule has 1 aliphatic rings. The smallest absolute Gasteiger partial charge is 0.264 e. The quantitative estimate of drug-likeness (QED) is 0.868. The van der Waals surface area contributed by atoms with E-state index in [9.17, 15) is 8.42 Å². The van der Waals surface area contributed by atoms with Crippen LogP contribution in [-0.4, -0.2) is 22.0 Å². The van der Waals surface area contributed by atoms with E-state index in [1.54, 1.807) is 13.1 Å². The highest BCUT2D eigenvalue weighted by Gasteiger charge is 2.36. The molecule has 0 fully saturated rings. The molecule has 0 bridgehead atoms. The molecule has 1 heterocycles. The van der Waals surface area contributed by atoms with E-state index in [-0.39, 0.29) is 6.04 Å². The second kappa shape index (κ2) is 6.26. The molecule has 0 amide bonds. The van der Waals surface area contributed by atoms with Crippen LogP contribution < -0.4 is 9.62 Å². The maximum atomic E-state index is 13.0. The van der Waals surface area contributed by atoms with Crippen molar-refractivity contribution in [1.82, 2.24) is 0 Å². The predicted octanol–water partition coefficient (Wildman–Crippen LogP) is 2.65. The molecule has 1 unspecified atom stereocenters. The molecule has 0 saturated carbocycles. The number of halogens is 1. The van der Waals surface area contributed by atoms with Gasteiger partial charge in [-0.05, 0) is 24.6 Å². The molecule has 23 heavy (non-hydrogen) atoms. The molecule has 6 heteroatoms.